The fourth-order valence-corrected chi connectivity index (χ4v) is 0.894. The van der Waals surface area contributed by atoms with Crippen LogP contribution in [0.5, 0.6) is 0 Å². The molecule has 0 aliphatic heterocycles. The topological polar surface area (TPSA) is 35.8 Å². The second-order valence-electron chi connectivity index (χ2n) is 2.33. The highest BCUT2D eigenvalue weighted by molar-refractivity contribution is 5.56. The molecule has 1 aromatic carbocycles. The van der Waals surface area contributed by atoms with Crippen LogP contribution >= 0.6 is 0 Å². The Hall–Kier alpha value is -1.75. The van der Waals surface area contributed by atoms with Crippen LogP contribution in [0.3, 0.4) is 0 Å². The number of nitrogens with one attached hydrogen (secondary N) is 1. The molecule has 0 atom stereocenters. The third-order valence-electron chi connectivity index (χ3n) is 1.55. The maximum Gasteiger partial charge on any atom is 0.0912 e. The van der Waals surface area contributed by atoms with Crippen LogP contribution in [0.1, 0.15) is 5.56 Å². The maximum absolute atomic E-state index is 8.28. The highest BCUT2D eigenvalue weighted by atomic mass is 14.8. The Balaban J connectivity index is 2.79. The van der Waals surface area contributed by atoms with Crippen molar-refractivity contribution in [3.63, 3.8) is 0 Å². The molecule has 1 aromatic rings. The van der Waals surface area contributed by atoms with Gasteiger partial charge in [0.15, 0.2) is 0 Å². The summed E-state index contributed by atoms with van der Waals surface area (Å²) in [4.78, 5) is 0. The van der Waals surface area contributed by atoms with E-state index in [9.17, 15) is 0 Å². The Bertz CT molecular complexity index is 304. The van der Waals surface area contributed by atoms with Crippen molar-refractivity contribution in [2.24, 2.45) is 0 Å². The molecule has 2 heteroatoms. The van der Waals surface area contributed by atoms with Gasteiger partial charge in [-0.05, 0) is 23.8 Å². The maximum atomic E-state index is 8.28. The van der Waals surface area contributed by atoms with Crippen molar-refractivity contribution >= 4 is 11.8 Å². The van der Waals surface area contributed by atoms with Crippen molar-refractivity contribution in [2.45, 2.75) is 0 Å². The van der Waals surface area contributed by atoms with Gasteiger partial charge in [-0.25, -0.2) is 0 Å². The molecule has 0 aromatic heterocycles. The number of nitrogens with zero attached hydrogens (tertiary/aromatic N) is 1. The van der Waals surface area contributed by atoms with Crippen LogP contribution in [0.25, 0.3) is 6.08 Å². The number of nitriles is 1. The minimum absolute atomic E-state index is 1.04. The van der Waals surface area contributed by atoms with Gasteiger partial charge in [0.25, 0.3) is 0 Å². The summed E-state index contributed by atoms with van der Waals surface area (Å²) in [5.74, 6) is 0. The summed E-state index contributed by atoms with van der Waals surface area (Å²) < 4.78 is 0. The number of rotatable bonds is 2. The van der Waals surface area contributed by atoms with Gasteiger partial charge in [0.1, 0.15) is 0 Å². The van der Waals surface area contributed by atoms with Gasteiger partial charge in [0.05, 0.1) is 6.07 Å². The first-order valence-corrected chi connectivity index (χ1v) is 3.71. The van der Waals surface area contributed by atoms with Gasteiger partial charge in [-0.2, -0.15) is 5.26 Å². The van der Waals surface area contributed by atoms with Gasteiger partial charge in [0, 0.05) is 18.8 Å². The van der Waals surface area contributed by atoms with E-state index in [2.05, 4.69) is 5.32 Å². The molecule has 0 aliphatic carbocycles. The lowest BCUT2D eigenvalue weighted by atomic mass is 10.2. The number of benzene rings is 1. The van der Waals surface area contributed by atoms with E-state index in [1.165, 1.54) is 6.08 Å². The molecular formula is C10H10N2. The van der Waals surface area contributed by atoms with Crippen molar-refractivity contribution in [1.29, 1.82) is 5.26 Å². The van der Waals surface area contributed by atoms with Crippen molar-refractivity contribution in [3.05, 3.63) is 35.9 Å². The summed E-state index contributed by atoms with van der Waals surface area (Å²) in [5, 5.41) is 11.3. The first-order chi connectivity index (χ1) is 5.86. The molecule has 0 bridgehead atoms. The Morgan fingerprint density at radius 3 is 2.50 bits per heavy atom. The highest BCUT2D eigenvalue weighted by Crippen LogP contribution is 2.09. The fourth-order valence-electron chi connectivity index (χ4n) is 0.894. The molecule has 1 N–H and O–H groups in total. The van der Waals surface area contributed by atoms with E-state index in [4.69, 9.17) is 5.26 Å². The van der Waals surface area contributed by atoms with Crippen molar-refractivity contribution in [1.82, 2.24) is 0 Å². The lowest BCUT2D eigenvalue weighted by Crippen LogP contribution is -1.86. The molecule has 0 spiro atoms. The largest absolute Gasteiger partial charge is 0.388 e. The van der Waals surface area contributed by atoms with Gasteiger partial charge >= 0.3 is 0 Å². The zero-order chi connectivity index (χ0) is 8.81. The van der Waals surface area contributed by atoms with E-state index in [1.807, 2.05) is 37.4 Å². The van der Waals surface area contributed by atoms with Gasteiger partial charge < -0.3 is 5.32 Å². The fraction of sp³-hybridized carbons (Fsp3) is 0.100. The molecule has 0 radical (unpaired) electrons. The van der Waals surface area contributed by atoms with Crippen molar-refractivity contribution in [2.75, 3.05) is 12.4 Å². The first kappa shape index (κ1) is 8.35. The molecule has 0 saturated carbocycles. The Morgan fingerprint density at radius 1 is 1.33 bits per heavy atom. The molecule has 0 unspecified atom stereocenters. The summed E-state index contributed by atoms with van der Waals surface area (Å²) in [5.41, 5.74) is 2.11. The first-order valence-electron chi connectivity index (χ1n) is 3.71. The predicted octanol–water partition coefficient (Wildman–Crippen LogP) is 2.27. The van der Waals surface area contributed by atoms with Gasteiger partial charge in [-0.15, -0.1) is 0 Å². The average molecular weight is 158 g/mol. The molecule has 2 nitrogen and oxygen atoms in total. The van der Waals surface area contributed by atoms with Crippen LogP contribution in [-0.2, 0) is 0 Å². The minimum Gasteiger partial charge on any atom is -0.388 e. The van der Waals surface area contributed by atoms with Gasteiger partial charge in [-0.1, -0.05) is 12.1 Å². The van der Waals surface area contributed by atoms with Crippen molar-refractivity contribution in [3.8, 4) is 6.07 Å². The monoisotopic (exact) mass is 158 g/mol. The Morgan fingerprint density at radius 2 is 2.00 bits per heavy atom. The lowest BCUT2D eigenvalue weighted by molar-refractivity contribution is 1.50. The third kappa shape index (κ3) is 2.14. The zero-order valence-electron chi connectivity index (χ0n) is 6.91. The second-order valence-corrected chi connectivity index (χ2v) is 2.33. The molecule has 0 saturated heterocycles. The van der Waals surface area contributed by atoms with E-state index < -0.39 is 0 Å². The van der Waals surface area contributed by atoms with E-state index in [0.717, 1.165) is 11.3 Å². The van der Waals surface area contributed by atoms with E-state index in [0.29, 0.717) is 0 Å². The summed E-state index contributed by atoms with van der Waals surface area (Å²) in [6.07, 6.45) is 3.24. The molecule has 0 amide bonds. The quantitative estimate of drug-likeness (QED) is 0.670. The van der Waals surface area contributed by atoms with Crippen LogP contribution in [-0.4, -0.2) is 7.05 Å². The number of anilines is 1. The Kier molecular flexibility index (Phi) is 2.92. The van der Waals surface area contributed by atoms with Crippen LogP contribution < -0.4 is 5.32 Å². The van der Waals surface area contributed by atoms with Crippen LogP contribution in [0, 0.1) is 11.3 Å². The minimum atomic E-state index is 1.04. The SMILES string of the molecule is CNc1ccc(/C=C/C#N)cc1. The summed E-state index contributed by atoms with van der Waals surface area (Å²) in [7, 11) is 1.88. The Labute approximate surface area is 72.1 Å². The highest BCUT2D eigenvalue weighted by Gasteiger charge is 1.87. The van der Waals surface area contributed by atoms with Crippen molar-refractivity contribution < 1.29 is 0 Å². The molecule has 0 fully saturated rings. The summed E-state index contributed by atoms with van der Waals surface area (Å²) >= 11 is 0. The second kappa shape index (κ2) is 4.20. The molecule has 0 aliphatic rings. The molecule has 60 valence electrons. The van der Waals surface area contributed by atoms with Crippen LogP contribution in [0.15, 0.2) is 30.3 Å². The lowest BCUT2D eigenvalue weighted by Gasteiger charge is -1.98. The average Bonchev–Trinajstić information content (AvgIpc) is 2.15. The third-order valence-corrected chi connectivity index (χ3v) is 1.55. The number of hydrogen-bond acceptors (Lipinski definition) is 2. The van der Waals surface area contributed by atoms with E-state index in [1.54, 1.807) is 6.08 Å². The molecule has 1 rings (SSSR count). The molecule has 0 heterocycles. The number of hydrogen-bond donors (Lipinski definition) is 1. The van der Waals surface area contributed by atoms with Crippen LogP contribution in [0.4, 0.5) is 5.69 Å². The molecule has 12 heavy (non-hydrogen) atoms. The zero-order valence-corrected chi connectivity index (χ0v) is 6.91. The van der Waals surface area contributed by atoms with Crippen LogP contribution in [0.2, 0.25) is 0 Å². The standard InChI is InChI=1S/C10H10N2/c1-12-10-6-4-9(5-7-10)3-2-8-11/h2-7,12H,1H3/b3-2+. The van der Waals surface area contributed by atoms with E-state index in [-0.39, 0.29) is 0 Å². The van der Waals surface area contributed by atoms with Gasteiger partial charge in [0.2, 0.25) is 0 Å². The smallest absolute Gasteiger partial charge is 0.0912 e. The summed E-state index contributed by atoms with van der Waals surface area (Å²) in [6, 6.07) is 9.80. The normalized spacial score (nSPS) is 9.67. The summed E-state index contributed by atoms with van der Waals surface area (Å²) in [6.45, 7) is 0. The molecular weight excluding hydrogens is 148 g/mol. The number of allylic oxidation sites excluding steroid dienone is 1. The predicted molar refractivity (Wildman–Crippen MR) is 50.6 cm³/mol. The van der Waals surface area contributed by atoms with Gasteiger partial charge in [-0.3, -0.25) is 0 Å². The van der Waals surface area contributed by atoms with E-state index >= 15 is 0 Å².